The van der Waals surface area contributed by atoms with Gasteiger partial charge in [0.1, 0.15) is 0 Å². The van der Waals surface area contributed by atoms with E-state index in [0.717, 1.165) is 33.8 Å². The summed E-state index contributed by atoms with van der Waals surface area (Å²) < 4.78 is 2.46. The fraction of sp³-hybridized carbons (Fsp3) is 0. The number of benzene rings is 12. The fourth-order valence-electron chi connectivity index (χ4n) is 10.6. The molecule has 66 heavy (non-hydrogen) atoms. The van der Waals surface area contributed by atoms with Crippen molar-refractivity contribution in [3.63, 3.8) is 0 Å². The van der Waals surface area contributed by atoms with Gasteiger partial charge in [-0.3, -0.25) is 0 Å². The van der Waals surface area contributed by atoms with Crippen LogP contribution < -0.4 is 4.90 Å². The van der Waals surface area contributed by atoms with Crippen LogP contribution in [0.15, 0.2) is 255 Å². The van der Waals surface area contributed by atoms with E-state index in [1.54, 1.807) is 0 Å². The molecule has 308 valence electrons. The molecule has 0 unspecified atom stereocenters. The summed E-state index contributed by atoms with van der Waals surface area (Å²) in [5.74, 6) is 0. The van der Waals surface area contributed by atoms with Gasteiger partial charge in [-0.2, -0.15) is 0 Å². The van der Waals surface area contributed by atoms with Gasteiger partial charge in [0.25, 0.3) is 0 Å². The standard InChI is InChI=1S/C64H42N2/c1-3-17-43(18-4-1)44-31-33-46(34-32-44)50-22-9-13-27-57(50)65(58-28-14-10-24-52(58)51-23-8-7-21-49(51)45-19-5-2-6-20-45)61-41-37-47-36-40-56-62(42-38-48-35-39-55(61)63(47)64(48)56)66-59-29-15-11-25-53(59)54-26-12-16-30-60(54)66/h1-42H. The summed E-state index contributed by atoms with van der Waals surface area (Å²) in [6.07, 6.45) is 0. The largest absolute Gasteiger partial charge is 0.309 e. The molecule has 12 aromatic carbocycles. The molecule has 0 spiro atoms. The molecule has 0 saturated heterocycles. The zero-order valence-electron chi connectivity index (χ0n) is 36.1. The zero-order valence-corrected chi connectivity index (χ0v) is 36.1. The Morgan fingerprint density at radius 2 is 0.682 bits per heavy atom. The normalized spacial score (nSPS) is 11.6. The molecule has 0 aliphatic heterocycles. The summed E-state index contributed by atoms with van der Waals surface area (Å²) in [4.78, 5) is 2.53. The highest BCUT2D eigenvalue weighted by Crippen LogP contribution is 2.50. The second kappa shape index (κ2) is 15.5. The smallest absolute Gasteiger partial charge is 0.0541 e. The van der Waals surface area contributed by atoms with Gasteiger partial charge in [0, 0.05) is 32.7 Å². The molecule has 13 aromatic rings. The maximum Gasteiger partial charge on any atom is 0.0541 e. The van der Waals surface area contributed by atoms with E-state index < -0.39 is 0 Å². The number of rotatable bonds is 8. The highest BCUT2D eigenvalue weighted by molar-refractivity contribution is 6.28. The lowest BCUT2D eigenvalue weighted by Gasteiger charge is -2.31. The molecule has 0 aliphatic rings. The van der Waals surface area contributed by atoms with E-state index in [9.17, 15) is 0 Å². The monoisotopic (exact) mass is 838 g/mol. The molecule has 0 radical (unpaired) electrons. The Labute approximate surface area is 383 Å². The third kappa shape index (κ3) is 6.04. The Hall–Kier alpha value is -8.72. The lowest BCUT2D eigenvalue weighted by Crippen LogP contribution is -2.13. The van der Waals surface area contributed by atoms with Gasteiger partial charge >= 0.3 is 0 Å². The molecule has 0 bridgehead atoms. The second-order valence-electron chi connectivity index (χ2n) is 17.2. The van der Waals surface area contributed by atoms with E-state index >= 15 is 0 Å². The van der Waals surface area contributed by atoms with Gasteiger partial charge in [-0.15, -0.1) is 0 Å². The summed E-state index contributed by atoms with van der Waals surface area (Å²) >= 11 is 0. The van der Waals surface area contributed by atoms with Crippen molar-refractivity contribution in [1.29, 1.82) is 0 Å². The van der Waals surface area contributed by atoms with Crippen molar-refractivity contribution in [3.05, 3.63) is 255 Å². The van der Waals surface area contributed by atoms with Crippen molar-refractivity contribution in [1.82, 2.24) is 4.57 Å². The van der Waals surface area contributed by atoms with Crippen molar-refractivity contribution in [3.8, 4) is 50.2 Å². The van der Waals surface area contributed by atoms with Crippen molar-refractivity contribution >= 4 is 71.2 Å². The maximum atomic E-state index is 2.53. The fourth-order valence-corrected chi connectivity index (χ4v) is 10.6. The highest BCUT2D eigenvalue weighted by Gasteiger charge is 2.25. The van der Waals surface area contributed by atoms with Crippen LogP contribution in [0.2, 0.25) is 0 Å². The SMILES string of the molecule is c1ccc(-c2ccc(-c3ccccc3N(c3ccccc3-c3ccccc3-c3ccccc3)c3ccc4ccc5c(-n6c7ccccc7c7ccccc76)ccc6ccc3c4c65)cc2)cc1. The maximum absolute atomic E-state index is 2.53. The van der Waals surface area contributed by atoms with Gasteiger partial charge in [-0.25, -0.2) is 0 Å². The average molecular weight is 839 g/mol. The van der Waals surface area contributed by atoms with E-state index in [4.69, 9.17) is 0 Å². The molecule has 0 saturated carbocycles. The number of anilines is 3. The minimum absolute atomic E-state index is 1.11. The molecule has 1 aromatic heterocycles. The predicted octanol–water partition coefficient (Wildman–Crippen LogP) is 17.8. The van der Waals surface area contributed by atoms with E-state index in [2.05, 4.69) is 264 Å². The van der Waals surface area contributed by atoms with Crippen molar-refractivity contribution in [2.75, 3.05) is 4.90 Å². The first-order chi connectivity index (χ1) is 32.8. The summed E-state index contributed by atoms with van der Waals surface area (Å²) in [6, 6.07) is 93.3. The number of nitrogens with zero attached hydrogens (tertiary/aromatic N) is 2. The van der Waals surface area contributed by atoms with Crippen LogP contribution in [0.1, 0.15) is 0 Å². The Morgan fingerprint density at radius 1 is 0.242 bits per heavy atom. The summed E-state index contributed by atoms with van der Waals surface area (Å²) in [7, 11) is 0. The van der Waals surface area contributed by atoms with Crippen LogP contribution in [0.4, 0.5) is 17.1 Å². The Kier molecular flexibility index (Phi) is 8.89. The van der Waals surface area contributed by atoms with Gasteiger partial charge < -0.3 is 9.47 Å². The molecule has 2 nitrogen and oxygen atoms in total. The topological polar surface area (TPSA) is 8.17 Å². The number of aromatic nitrogens is 1. The lowest BCUT2D eigenvalue weighted by atomic mass is 9.90. The number of fused-ring (bicyclic) bond motifs is 3. The molecular formula is C64H42N2. The van der Waals surface area contributed by atoms with Gasteiger partial charge in [0.15, 0.2) is 0 Å². The molecule has 0 atom stereocenters. The number of hydrogen-bond donors (Lipinski definition) is 0. The van der Waals surface area contributed by atoms with Gasteiger partial charge in [0.05, 0.1) is 33.8 Å². The van der Waals surface area contributed by atoms with E-state index in [0.29, 0.717) is 0 Å². The summed E-state index contributed by atoms with van der Waals surface area (Å²) in [6.45, 7) is 0. The number of para-hydroxylation sites is 4. The quantitative estimate of drug-likeness (QED) is 0.138. The van der Waals surface area contributed by atoms with Crippen molar-refractivity contribution in [2.45, 2.75) is 0 Å². The van der Waals surface area contributed by atoms with Crippen LogP contribution in [-0.4, -0.2) is 4.57 Å². The first-order valence-corrected chi connectivity index (χ1v) is 22.8. The molecule has 0 N–H and O–H groups in total. The number of hydrogen-bond acceptors (Lipinski definition) is 1. The molecule has 1 heterocycles. The molecule has 0 fully saturated rings. The molecular weight excluding hydrogens is 797 g/mol. The van der Waals surface area contributed by atoms with Crippen molar-refractivity contribution < 1.29 is 0 Å². The van der Waals surface area contributed by atoms with Crippen LogP contribution >= 0.6 is 0 Å². The van der Waals surface area contributed by atoms with E-state index in [-0.39, 0.29) is 0 Å². The third-order valence-corrected chi connectivity index (χ3v) is 13.6. The van der Waals surface area contributed by atoms with Gasteiger partial charge in [-0.1, -0.05) is 218 Å². The first kappa shape index (κ1) is 37.8. The van der Waals surface area contributed by atoms with E-state index in [1.165, 1.54) is 87.6 Å². The van der Waals surface area contributed by atoms with Crippen LogP contribution in [0, 0.1) is 0 Å². The lowest BCUT2D eigenvalue weighted by molar-refractivity contribution is 1.20. The predicted molar refractivity (Wildman–Crippen MR) is 281 cm³/mol. The molecule has 2 heteroatoms. The van der Waals surface area contributed by atoms with Crippen LogP contribution in [0.3, 0.4) is 0 Å². The van der Waals surface area contributed by atoms with Crippen LogP contribution in [0.25, 0.3) is 104 Å². The summed E-state index contributed by atoms with van der Waals surface area (Å²) in [5.41, 5.74) is 16.4. The van der Waals surface area contributed by atoms with Crippen molar-refractivity contribution in [2.24, 2.45) is 0 Å². The Balaban J connectivity index is 1.08. The summed E-state index contributed by atoms with van der Waals surface area (Å²) in [5, 5.41) is 9.95. The van der Waals surface area contributed by atoms with Gasteiger partial charge in [-0.05, 0) is 91.3 Å². The minimum atomic E-state index is 1.11. The Morgan fingerprint density at radius 3 is 1.36 bits per heavy atom. The molecule has 13 rings (SSSR count). The first-order valence-electron chi connectivity index (χ1n) is 22.8. The van der Waals surface area contributed by atoms with Crippen LogP contribution in [0.5, 0.6) is 0 Å². The molecule has 0 amide bonds. The second-order valence-corrected chi connectivity index (χ2v) is 17.2. The molecule has 0 aliphatic carbocycles. The van der Waals surface area contributed by atoms with Crippen LogP contribution in [-0.2, 0) is 0 Å². The van der Waals surface area contributed by atoms with Gasteiger partial charge in [0.2, 0.25) is 0 Å². The average Bonchev–Trinajstić information content (AvgIpc) is 3.73. The Bertz CT molecular complexity index is 3870. The third-order valence-electron chi connectivity index (χ3n) is 13.6. The van der Waals surface area contributed by atoms with E-state index in [1.807, 2.05) is 0 Å². The zero-order chi connectivity index (χ0) is 43.6. The highest BCUT2D eigenvalue weighted by atomic mass is 15.1. The minimum Gasteiger partial charge on any atom is -0.309 e.